The molecule has 1 heterocycles. The van der Waals surface area contributed by atoms with E-state index in [1.54, 1.807) is 6.92 Å². The second-order valence-corrected chi connectivity index (χ2v) is 6.34. The highest BCUT2D eigenvalue weighted by molar-refractivity contribution is 9.10. The van der Waals surface area contributed by atoms with E-state index in [0.717, 1.165) is 16.6 Å². The number of Topliss-reactive ketones (excluding diaryl/α,β-unsaturated/α-hetero) is 1. The second kappa shape index (κ2) is 5.44. The van der Waals surface area contributed by atoms with Crippen molar-refractivity contribution in [2.45, 2.75) is 19.9 Å². The van der Waals surface area contributed by atoms with E-state index in [1.165, 1.54) is 17.2 Å². The highest BCUT2D eigenvalue weighted by Gasteiger charge is 2.19. The summed E-state index contributed by atoms with van der Waals surface area (Å²) in [7, 11) is 0. The summed E-state index contributed by atoms with van der Waals surface area (Å²) < 4.78 is 0.896. The van der Waals surface area contributed by atoms with Crippen LogP contribution < -0.4 is 4.90 Å². The van der Waals surface area contributed by atoms with Crippen molar-refractivity contribution in [3.8, 4) is 0 Å². The predicted octanol–water partition coefficient (Wildman–Crippen LogP) is 3.59. The molecule has 0 aliphatic carbocycles. The Morgan fingerprint density at radius 2 is 2.29 bits per heavy atom. The molecule has 2 nitrogen and oxygen atoms in total. The van der Waals surface area contributed by atoms with Crippen molar-refractivity contribution in [2.24, 2.45) is 0 Å². The molecule has 1 fully saturated rings. The predicted molar refractivity (Wildman–Crippen MR) is 78.3 cm³/mol. The third-order valence-electron chi connectivity index (χ3n) is 3.03. The highest BCUT2D eigenvalue weighted by atomic mass is 79.9. The van der Waals surface area contributed by atoms with Gasteiger partial charge in [0.05, 0.1) is 0 Å². The van der Waals surface area contributed by atoms with Gasteiger partial charge in [-0.1, -0.05) is 0 Å². The van der Waals surface area contributed by atoms with Crippen LogP contribution in [-0.4, -0.2) is 29.9 Å². The third-order valence-corrected chi connectivity index (χ3v) is 4.88. The number of rotatable bonds is 2. The van der Waals surface area contributed by atoms with E-state index in [4.69, 9.17) is 0 Å². The number of benzene rings is 1. The van der Waals surface area contributed by atoms with Gasteiger partial charge < -0.3 is 4.90 Å². The van der Waals surface area contributed by atoms with Crippen LogP contribution in [0.25, 0.3) is 0 Å². The maximum absolute atomic E-state index is 11.4. The first-order valence-electron chi connectivity index (χ1n) is 5.74. The maximum Gasteiger partial charge on any atom is 0.160 e. The number of hydrogen-bond donors (Lipinski definition) is 0. The Morgan fingerprint density at radius 1 is 1.53 bits per heavy atom. The SMILES string of the molecule is CC(=O)c1ccc(N2CCSCC2C)cc1Br. The number of nitrogens with zero attached hydrogens (tertiary/aromatic N) is 1. The number of carbonyl (C=O) groups is 1. The van der Waals surface area contributed by atoms with Gasteiger partial charge >= 0.3 is 0 Å². The first-order valence-corrected chi connectivity index (χ1v) is 7.69. The topological polar surface area (TPSA) is 20.3 Å². The van der Waals surface area contributed by atoms with Crippen LogP contribution in [0.2, 0.25) is 0 Å². The summed E-state index contributed by atoms with van der Waals surface area (Å²) in [5.41, 5.74) is 1.96. The van der Waals surface area contributed by atoms with Gasteiger partial charge in [-0.2, -0.15) is 11.8 Å². The van der Waals surface area contributed by atoms with Crippen LogP contribution in [0, 0.1) is 0 Å². The molecule has 1 aliphatic rings. The molecule has 1 aliphatic heterocycles. The Bertz CT molecular complexity index is 435. The maximum atomic E-state index is 11.4. The molecule has 2 rings (SSSR count). The van der Waals surface area contributed by atoms with Crippen molar-refractivity contribution >= 4 is 39.2 Å². The van der Waals surface area contributed by atoms with E-state index >= 15 is 0 Å². The molecule has 0 aromatic heterocycles. The molecule has 1 atom stereocenters. The summed E-state index contributed by atoms with van der Waals surface area (Å²) in [6, 6.07) is 6.58. The standard InChI is InChI=1S/C13H16BrNOS/c1-9-8-17-6-5-15(9)11-3-4-12(10(2)16)13(14)7-11/h3-4,7,9H,5-6,8H2,1-2H3. The van der Waals surface area contributed by atoms with Gasteiger partial charge in [-0.3, -0.25) is 4.79 Å². The Morgan fingerprint density at radius 3 is 2.88 bits per heavy atom. The normalized spacial score (nSPS) is 20.4. The monoisotopic (exact) mass is 313 g/mol. The fraction of sp³-hybridized carbons (Fsp3) is 0.462. The first kappa shape index (κ1) is 13.0. The van der Waals surface area contributed by atoms with Crippen LogP contribution in [-0.2, 0) is 0 Å². The zero-order valence-electron chi connectivity index (χ0n) is 10.1. The Hall–Kier alpha value is -0.480. The lowest BCUT2D eigenvalue weighted by Gasteiger charge is -2.35. The van der Waals surface area contributed by atoms with Crippen LogP contribution in [0.4, 0.5) is 5.69 Å². The molecule has 1 aromatic rings. The first-order chi connectivity index (χ1) is 8.09. The molecule has 0 bridgehead atoms. The molecule has 0 spiro atoms. The van der Waals surface area contributed by atoms with Crippen LogP contribution in [0.5, 0.6) is 0 Å². The molecule has 0 saturated carbocycles. The number of anilines is 1. The van der Waals surface area contributed by atoms with Crippen molar-refractivity contribution in [1.29, 1.82) is 0 Å². The molecular weight excluding hydrogens is 298 g/mol. The molecule has 0 N–H and O–H groups in total. The molecule has 1 saturated heterocycles. The average Bonchev–Trinajstić information content (AvgIpc) is 2.29. The zero-order valence-corrected chi connectivity index (χ0v) is 12.5. The fourth-order valence-corrected chi connectivity index (χ4v) is 3.74. The van der Waals surface area contributed by atoms with E-state index in [-0.39, 0.29) is 5.78 Å². The van der Waals surface area contributed by atoms with Gasteiger partial charge in [0.2, 0.25) is 0 Å². The lowest BCUT2D eigenvalue weighted by molar-refractivity contribution is 0.101. The van der Waals surface area contributed by atoms with E-state index < -0.39 is 0 Å². The minimum absolute atomic E-state index is 0.102. The van der Waals surface area contributed by atoms with E-state index in [0.29, 0.717) is 6.04 Å². The van der Waals surface area contributed by atoms with E-state index in [1.807, 2.05) is 23.9 Å². The van der Waals surface area contributed by atoms with Crippen LogP contribution >= 0.6 is 27.7 Å². The minimum Gasteiger partial charge on any atom is -0.367 e. The van der Waals surface area contributed by atoms with Gasteiger partial charge in [-0.15, -0.1) is 0 Å². The van der Waals surface area contributed by atoms with Gasteiger partial charge in [-0.05, 0) is 48.0 Å². The summed E-state index contributed by atoms with van der Waals surface area (Å²) in [4.78, 5) is 13.8. The van der Waals surface area contributed by atoms with Crippen molar-refractivity contribution < 1.29 is 4.79 Å². The highest BCUT2D eigenvalue weighted by Crippen LogP contribution is 2.28. The van der Waals surface area contributed by atoms with Crippen molar-refractivity contribution in [1.82, 2.24) is 0 Å². The largest absolute Gasteiger partial charge is 0.367 e. The fourth-order valence-electron chi connectivity index (χ4n) is 2.08. The van der Waals surface area contributed by atoms with Gasteiger partial charge in [0.15, 0.2) is 5.78 Å². The number of thioether (sulfide) groups is 1. The Balaban J connectivity index is 2.27. The molecular formula is C13H16BrNOS. The van der Waals surface area contributed by atoms with Crippen LogP contribution in [0.3, 0.4) is 0 Å². The van der Waals surface area contributed by atoms with Gasteiger partial charge in [0, 0.05) is 39.8 Å². The lowest BCUT2D eigenvalue weighted by Crippen LogP contribution is -2.40. The molecule has 17 heavy (non-hydrogen) atoms. The van der Waals surface area contributed by atoms with Gasteiger partial charge in [-0.25, -0.2) is 0 Å². The molecule has 4 heteroatoms. The average molecular weight is 314 g/mol. The molecule has 92 valence electrons. The minimum atomic E-state index is 0.102. The quantitative estimate of drug-likeness (QED) is 0.778. The van der Waals surface area contributed by atoms with Gasteiger partial charge in [0.1, 0.15) is 0 Å². The molecule has 0 amide bonds. The summed E-state index contributed by atoms with van der Waals surface area (Å²) in [5, 5.41) is 0. The Kier molecular flexibility index (Phi) is 4.15. The summed E-state index contributed by atoms with van der Waals surface area (Å²) >= 11 is 5.49. The van der Waals surface area contributed by atoms with Crippen molar-refractivity contribution in [3.63, 3.8) is 0 Å². The third kappa shape index (κ3) is 2.86. The zero-order chi connectivity index (χ0) is 12.4. The number of ketones is 1. The summed E-state index contributed by atoms with van der Waals surface area (Å²) in [5.74, 6) is 2.45. The molecule has 1 aromatic carbocycles. The molecule has 1 unspecified atom stereocenters. The Labute approximate surface area is 115 Å². The number of hydrogen-bond acceptors (Lipinski definition) is 3. The van der Waals surface area contributed by atoms with E-state index in [2.05, 4.69) is 33.8 Å². The van der Waals surface area contributed by atoms with Crippen LogP contribution in [0.15, 0.2) is 22.7 Å². The van der Waals surface area contributed by atoms with Gasteiger partial charge in [0.25, 0.3) is 0 Å². The smallest absolute Gasteiger partial charge is 0.160 e. The number of halogens is 1. The summed E-state index contributed by atoms with van der Waals surface area (Å²) in [6.07, 6.45) is 0. The van der Waals surface area contributed by atoms with Crippen molar-refractivity contribution in [2.75, 3.05) is 23.0 Å². The summed E-state index contributed by atoms with van der Waals surface area (Å²) in [6.45, 7) is 4.93. The second-order valence-electron chi connectivity index (χ2n) is 4.34. The lowest BCUT2D eigenvalue weighted by atomic mass is 10.1. The number of carbonyl (C=O) groups excluding carboxylic acids is 1. The van der Waals surface area contributed by atoms with Crippen molar-refractivity contribution in [3.05, 3.63) is 28.2 Å². The van der Waals surface area contributed by atoms with E-state index in [9.17, 15) is 4.79 Å². The van der Waals surface area contributed by atoms with Crippen LogP contribution in [0.1, 0.15) is 24.2 Å². The molecule has 0 radical (unpaired) electrons.